The maximum absolute atomic E-state index is 13.2. The number of nitrogens with one attached hydrogen (secondary N) is 1. The van der Waals surface area contributed by atoms with Crippen molar-refractivity contribution in [3.8, 4) is 0 Å². The van der Waals surface area contributed by atoms with E-state index >= 15 is 0 Å². The van der Waals surface area contributed by atoms with E-state index in [1.54, 1.807) is 0 Å². The molecule has 184 valence electrons. The van der Waals surface area contributed by atoms with Gasteiger partial charge in [0, 0.05) is 6.54 Å². The molecule has 0 spiro atoms. The first-order valence-corrected chi connectivity index (χ1v) is 12.7. The van der Waals surface area contributed by atoms with Crippen LogP contribution in [0.1, 0.15) is 58.4 Å². The predicted molar refractivity (Wildman–Crippen MR) is 143 cm³/mol. The zero-order valence-electron chi connectivity index (χ0n) is 21.1. The highest BCUT2D eigenvalue weighted by atomic mass is 16.6. The molecule has 0 aliphatic carbocycles. The van der Waals surface area contributed by atoms with Crippen LogP contribution in [0.15, 0.2) is 54.6 Å². The van der Waals surface area contributed by atoms with Gasteiger partial charge in [0.25, 0.3) is 0 Å². The van der Waals surface area contributed by atoms with Crippen LogP contribution in [-0.4, -0.2) is 42.8 Å². The van der Waals surface area contributed by atoms with Crippen LogP contribution in [0.3, 0.4) is 0 Å². The third kappa shape index (κ3) is 7.71. The lowest BCUT2D eigenvalue weighted by molar-refractivity contribution is 0.0232. The molecule has 0 saturated carbocycles. The van der Waals surface area contributed by atoms with E-state index < -0.39 is 5.60 Å². The number of amides is 1. The Kier molecular flexibility index (Phi) is 9.73. The summed E-state index contributed by atoms with van der Waals surface area (Å²) in [5.41, 5.74) is 6.20. The van der Waals surface area contributed by atoms with Crippen molar-refractivity contribution in [3.63, 3.8) is 0 Å². The number of hydrogen-bond donors (Lipinski definition) is 2. The van der Waals surface area contributed by atoms with Crippen molar-refractivity contribution in [3.05, 3.63) is 60.2 Å². The highest BCUT2D eigenvalue weighted by molar-refractivity contribution is 6.02. The molecule has 3 rings (SSSR count). The molecule has 3 aromatic rings. The first kappa shape index (κ1) is 26.0. The maximum Gasteiger partial charge on any atom is 0.410 e. The summed E-state index contributed by atoms with van der Waals surface area (Å²) in [6, 6.07) is 19.1. The van der Waals surface area contributed by atoms with Crippen molar-refractivity contribution in [2.24, 2.45) is 5.73 Å². The van der Waals surface area contributed by atoms with E-state index in [0.717, 1.165) is 51.7 Å². The van der Waals surface area contributed by atoms with Gasteiger partial charge < -0.3 is 20.7 Å². The summed E-state index contributed by atoms with van der Waals surface area (Å²) in [6.45, 7) is 9.77. The first-order chi connectivity index (χ1) is 16.4. The number of hydrogen-bond acceptors (Lipinski definition) is 4. The van der Waals surface area contributed by atoms with Gasteiger partial charge in [0.15, 0.2) is 0 Å². The van der Waals surface area contributed by atoms with Crippen LogP contribution >= 0.6 is 0 Å². The van der Waals surface area contributed by atoms with Gasteiger partial charge in [-0.05, 0) is 99.3 Å². The number of nitrogens with zero attached hydrogens (tertiary/aromatic N) is 1. The molecule has 0 saturated heterocycles. The van der Waals surface area contributed by atoms with Crippen molar-refractivity contribution in [1.82, 2.24) is 10.2 Å². The van der Waals surface area contributed by atoms with Gasteiger partial charge in [-0.1, -0.05) is 55.0 Å². The number of benzene rings is 3. The average molecular weight is 464 g/mol. The highest BCUT2D eigenvalue weighted by Crippen LogP contribution is 2.30. The van der Waals surface area contributed by atoms with Crippen molar-refractivity contribution >= 4 is 27.6 Å². The van der Waals surface area contributed by atoms with Gasteiger partial charge in [0.2, 0.25) is 0 Å². The van der Waals surface area contributed by atoms with Gasteiger partial charge in [0.1, 0.15) is 5.60 Å². The number of ether oxygens (including phenoxy) is 1. The Labute approximate surface area is 204 Å². The zero-order valence-corrected chi connectivity index (χ0v) is 21.1. The normalized spacial score (nSPS) is 11.8. The molecule has 1 amide bonds. The second-order valence-corrected chi connectivity index (χ2v) is 10.0. The summed E-state index contributed by atoms with van der Waals surface area (Å²) in [4.78, 5) is 15.1. The summed E-state index contributed by atoms with van der Waals surface area (Å²) in [7, 11) is 0. The number of rotatable bonds is 12. The topological polar surface area (TPSA) is 67.6 Å². The van der Waals surface area contributed by atoms with Crippen LogP contribution in [0, 0.1) is 0 Å². The van der Waals surface area contributed by atoms with Crippen LogP contribution in [0.4, 0.5) is 4.79 Å². The molecule has 3 aromatic carbocycles. The molecule has 0 heterocycles. The number of carbonyl (C=O) groups is 1. The van der Waals surface area contributed by atoms with E-state index in [9.17, 15) is 4.79 Å². The van der Waals surface area contributed by atoms with Gasteiger partial charge in [-0.2, -0.15) is 0 Å². The molecule has 0 aromatic heterocycles. The molecule has 3 N–H and O–H groups in total. The van der Waals surface area contributed by atoms with Gasteiger partial charge >= 0.3 is 6.09 Å². The predicted octanol–water partition coefficient (Wildman–Crippen LogP) is 6.23. The minimum absolute atomic E-state index is 0.246. The molecule has 0 atom stereocenters. The summed E-state index contributed by atoms with van der Waals surface area (Å²) >= 11 is 0. The van der Waals surface area contributed by atoms with E-state index in [4.69, 9.17) is 10.5 Å². The highest BCUT2D eigenvalue weighted by Gasteiger charge is 2.23. The minimum atomic E-state index is -0.524. The Morgan fingerprint density at radius 3 is 2.06 bits per heavy atom. The fraction of sp³-hybridized carbons (Fsp3) is 0.483. The molecular weight excluding hydrogens is 422 g/mol. The second kappa shape index (κ2) is 12.7. The van der Waals surface area contributed by atoms with Crippen molar-refractivity contribution in [1.29, 1.82) is 0 Å². The number of nitrogens with two attached hydrogens (primary N) is 1. The van der Waals surface area contributed by atoms with Crippen molar-refractivity contribution < 1.29 is 9.53 Å². The molecule has 0 aliphatic rings. The summed E-state index contributed by atoms with van der Waals surface area (Å²) in [5, 5.41) is 8.25. The van der Waals surface area contributed by atoms with E-state index in [0.29, 0.717) is 13.1 Å². The second-order valence-electron chi connectivity index (χ2n) is 10.0. The Bertz CT molecular complexity index is 1000. The third-order valence-electron chi connectivity index (χ3n) is 5.97. The van der Waals surface area contributed by atoms with Crippen molar-refractivity contribution in [2.45, 2.75) is 65.0 Å². The Morgan fingerprint density at radius 2 is 1.47 bits per heavy atom. The summed E-state index contributed by atoms with van der Waals surface area (Å²) in [5.74, 6) is 0. The lowest BCUT2D eigenvalue weighted by Gasteiger charge is -2.28. The summed E-state index contributed by atoms with van der Waals surface area (Å²) < 4.78 is 5.79. The van der Waals surface area contributed by atoms with Crippen LogP contribution in [0.5, 0.6) is 0 Å². The molecule has 0 unspecified atom stereocenters. The Balaban J connectivity index is 1.73. The van der Waals surface area contributed by atoms with Gasteiger partial charge in [-0.15, -0.1) is 0 Å². The molecule has 0 aliphatic heterocycles. The molecule has 5 nitrogen and oxygen atoms in total. The van der Waals surface area contributed by atoms with Gasteiger partial charge in [-0.25, -0.2) is 4.79 Å². The molecule has 5 heteroatoms. The quantitative estimate of drug-likeness (QED) is 0.247. The monoisotopic (exact) mass is 463 g/mol. The Morgan fingerprint density at radius 1 is 0.882 bits per heavy atom. The maximum atomic E-state index is 13.2. The molecule has 0 radical (unpaired) electrons. The largest absolute Gasteiger partial charge is 0.444 e. The van der Waals surface area contributed by atoms with Gasteiger partial charge in [0.05, 0.1) is 6.54 Å². The van der Waals surface area contributed by atoms with Crippen LogP contribution in [0.25, 0.3) is 21.5 Å². The lowest BCUT2D eigenvalue weighted by Crippen LogP contribution is -2.37. The van der Waals surface area contributed by atoms with E-state index in [1.807, 2.05) is 25.7 Å². The van der Waals surface area contributed by atoms with Gasteiger partial charge in [-0.3, -0.25) is 0 Å². The van der Waals surface area contributed by atoms with Crippen LogP contribution < -0.4 is 11.1 Å². The fourth-order valence-electron chi connectivity index (χ4n) is 4.28. The molecular formula is C29H41N3O2. The smallest absolute Gasteiger partial charge is 0.410 e. The number of carbonyl (C=O) groups excluding carboxylic acids is 1. The SMILES string of the molecule is CC(C)(C)OC(=O)N(CCCCCNCCCCN)Cc1c2ccccc2cc2ccccc12. The molecule has 0 fully saturated rings. The Hall–Kier alpha value is -2.63. The molecule has 34 heavy (non-hydrogen) atoms. The minimum Gasteiger partial charge on any atom is -0.444 e. The summed E-state index contributed by atoms with van der Waals surface area (Å²) in [6.07, 6.45) is 5.07. The fourth-order valence-corrected chi connectivity index (χ4v) is 4.28. The van der Waals surface area contributed by atoms with Crippen LogP contribution in [0.2, 0.25) is 0 Å². The number of unbranched alkanes of at least 4 members (excludes halogenated alkanes) is 3. The molecule has 0 bridgehead atoms. The number of fused-ring (bicyclic) bond motifs is 2. The van der Waals surface area contributed by atoms with E-state index in [1.165, 1.54) is 27.1 Å². The van der Waals surface area contributed by atoms with Crippen LogP contribution in [-0.2, 0) is 11.3 Å². The third-order valence-corrected chi connectivity index (χ3v) is 5.97. The standard InChI is InChI=1S/C29H41N3O2/c1-29(2,3)34-28(33)32(20-12-4-10-18-31-19-11-9-17-30)22-27-25-15-7-5-13-23(25)21-24-14-6-8-16-26(24)27/h5-8,13-16,21,31H,4,9-12,17-20,22,30H2,1-3H3. The lowest BCUT2D eigenvalue weighted by atomic mass is 9.96. The van der Waals surface area contributed by atoms with E-state index in [2.05, 4.69) is 59.9 Å². The van der Waals surface area contributed by atoms with Crippen molar-refractivity contribution in [2.75, 3.05) is 26.2 Å². The van der Waals surface area contributed by atoms with E-state index in [-0.39, 0.29) is 6.09 Å². The average Bonchev–Trinajstić information content (AvgIpc) is 2.80. The first-order valence-electron chi connectivity index (χ1n) is 12.7. The zero-order chi connectivity index (χ0) is 24.4.